The van der Waals surface area contributed by atoms with Gasteiger partial charge in [0.05, 0.1) is 16.7 Å². The van der Waals surface area contributed by atoms with Crippen molar-refractivity contribution in [1.29, 1.82) is 0 Å². The predicted molar refractivity (Wildman–Crippen MR) is 87.1 cm³/mol. The van der Waals surface area contributed by atoms with Crippen molar-refractivity contribution >= 4 is 23.1 Å². The Morgan fingerprint density at radius 2 is 2.22 bits per heavy atom. The van der Waals surface area contributed by atoms with Gasteiger partial charge in [0.2, 0.25) is 5.16 Å². The van der Waals surface area contributed by atoms with Gasteiger partial charge in [-0.3, -0.25) is 0 Å². The zero-order valence-corrected chi connectivity index (χ0v) is 14.1. The van der Waals surface area contributed by atoms with Gasteiger partial charge in [-0.2, -0.15) is 4.98 Å². The second-order valence-corrected chi connectivity index (χ2v) is 7.37. The molecule has 0 spiro atoms. The maximum atomic E-state index is 5.30. The Hall–Kier alpha value is -1.74. The molecule has 0 N–H and O–H groups in total. The summed E-state index contributed by atoms with van der Waals surface area (Å²) in [6.07, 6.45) is 6.13. The monoisotopic (exact) mass is 348 g/mol. The van der Waals surface area contributed by atoms with Crippen molar-refractivity contribution < 1.29 is 4.52 Å². The summed E-state index contributed by atoms with van der Waals surface area (Å²) in [5.74, 6) is 1.83. The van der Waals surface area contributed by atoms with Crippen molar-refractivity contribution in [2.24, 2.45) is 0 Å². The molecule has 0 aromatic carbocycles. The number of thioether (sulfide) groups is 1. The number of aromatic nitrogens is 6. The van der Waals surface area contributed by atoms with Gasteiger partial charge >= 0.3 is 0 Å². The fourth-order valence-electron chi connectivity index (χ4n) is 2.78. The largest absolute Gasteiger partial charge is 0.333 e. The quantitative estimate of drug-likeness (QED) is 0.652. The minimum Gasteiger partial charge on any atom is -0.333 e. The third-order valence-corrected chi connectivity index (χ3v) is 5.70. The van der Waals surface area contributed by atoms with Crippen LogP contribution in [0.25, 0.3) is 10.8 Å². The lowest BCUT2D eigenvalue weighted by Crippen LogP contribution is -2.15. The molecule has 0 unspecified atom stereocenters. The fraction of sp³-hybridized carbons (Fsp3) is 0.500. The summed E-state index contributed by atoms with van der Waals surface area (Å²) in [6, 6.07) is 4.36. The van der Waals surface area contributed by atoms with Crippen LogP contribution in [0, 0.1) is 0 Å². The fourth-order valence-corrected chi connectivity index (χ4v) is 4.21. The van der Waals surface area contributed by atoms with Gasteiger partial charge in [-0.25, -0.2) is 4.68 Å². The molecule has 0 bridgehead atoms. The van der Waals surface area contributed by atoms with Gasteiger partial charge in [0, 0.05) is 0 Å². The summed E-state index contributed by atoms with van der Waals surface area (Å²) in [4.78, 5) is 5.42. The molecule has 0 amide bonds. The van der Waals surface area contributed by atoms with Crippen molar-refractivity contribution in [2.45, 2.75) is 49.1 Å². The van der Waals surface area contributed by atoms with Gasteiger partial charge in [0.1, 0.15) is 0 Å². The molecule has 120 valence electrons. The molecule has 9 heteroatoms. The van der Waals surface area contributed by atoms with Gasteiger partial charge in [-0.05, 0) is 34.7 Å². The van der Waals surface area contributed by atoms with E-state index in [4.69, 9.17) is 4.52 Å². The highest BCUT2D eigenvalue weighted by molar-refractivity contribution is 7.98. The normalized spacial score (nSPS) is 16.0. The highest BCUT2D eigenvalue weighted by atomic mass is 32.2. The molecular formula is C14H16N6OS2. The van der Waals surface area contributed by atoms with Crippen LogP contribution in [-0.2, 0) is 5.75 Å². The number of rotatable bonds is 5. The Morgan fingerprint density at radius 1 is 1.30 bits per heavy atom. The Balaban J connectivity index is 1.42. The van der Waals surface area contributed by atoms with Gasteiger partial charge < -0.3 is 4.52 Å². The molecule has 0 saturated heterocycles. The van der Waals surface area contributed by atoms with Crippen LogP contribution in [0.1, 0.15) is 44.0 Å². The van der Waals surface area contributed by atoms with Crippen molar-refractivity contribution in [3.63, 3.8) is 0 Å². The van der Waals surface area contributed by atoms with Crippen molar-refractivity contribution in [2.75, 3.05) is 0 Å². The van der Waals surface area contributed by atoms with E-state index in [1.165, 1.54) is 19.3 Å². The van der Waals surface area contributed by atoms with Crippen LogP contribution < -0.4 is 0 Å². The van der Waals surface area contributed by atoms with E-state index in [1.807, 2.05) is 22.2 Å². The van der Waals surface area contributed by atoms with Crippen molar-refractivity contribution in [3.05, 3.63) is 23.3 Å². The summed E-state index contributed by atoms with van der Waals surface area (Å²) < 4.78 is 7.27. The first kappa shape index (κ1) is 14.8. The molecule has 3 heterocycles. The molecule has 1 aliphatic carbocycles. The molecule has 0 radical (unpaired) electrons. The van der Waals surface area contributed by atoms with Gasteiger partial charge in [-0.1, -0.05) is 42.2 Å². The molecule has 1 fully saturated rings. The van der Waals surface area contributed by atoms with Crippen LogP contribution in [0.3, 0.4) is 0 Å². The number of nitrogens with zero attached hydrogens (tertiary/aromatic N) is 6. The highest BCUT2D eigenvalue weighted by Gasteiger charge is 2.21. The molecule has 3 aromatic heterocycles. The number of hydrogen-bond donors (Lipinski definition) is 0. The second kappa shape index (κ2) is 6.79. The zero-order chi connectivity index (χ0) is 15.5. The predicted octanol–water partition coefficient (Wildman–Crippen LogP) is 3.58. The van der Waals surface area contributed by atoms with Gasteiger partial charge in [-0.15, -0.1) is 16.4 Å². The van der Waals surface area contributed by atoms with Gasteiger partial charge in [0.25, 0.3) is 5.89 Å². The summed E-state index contributed by atoms with van der Waals surface area (Å²) in [7, 11) is 0. The number of thiophene rings is 1. The standard InChI is InChI=1S/C14H16N6OS2/c1-2-5-10(6-3-1)20-14(16-18-19-20)23-9-12-15-13(21-17-12)11-7-4-8-22-11/h4,7-8,10H,1-3,5-6,9H2. The number of tetrazole rings is 1. The molecule has 7 nitrogen and oxygen atoms in total. The van der Waals surface area contributed by atoms with Crippen LogP contribution in [0.2, 0.25) is 0 Å². The van der Waals surface area contributed by atoms with E-state index in [1.54, 1.807) is 23.1 Å². The van der Waals surface area contributed by atoms with E-state index in [9.17, 15) is 0 Å². The third-order valence-electron chi connectivity index (χ3n) is 3.91. The molecule has 0 atom stereocenters. The van der Waals surface area contributed by atoms with E-state index < -0.39 is 0 Å². The summed E-state index contributed by atoms with van der Waals surface area (Å²) in [5, 5.41) is 19.0. The lowest BCUT2D eigenvalue weighted by molar-refractivity contribution is 0.307. The van der Waals surface area contributed by atoms with Crippen molar-refractivity contribution in [3.8, 4) is 10.8 Å². The van der Waals surface area contributed by atoms with Crippen LogP contribution in [0.15, 0.2) is 27.2 Å². The van der Waals surface area contributed by atoms with E-state index in [0.717, 1.165) is 22.9 Å². The van der Waals surface area contributed by atoms with Crippen LogP contribution in [-0.4, -0.2) is 30.3 Å². The van der Waals surface area contributed by atoms with E-state index in [2.05, 4.69) is 25.7 Å². The van der Waals surface area contributed by atoms with E-state index >= 15 is 0 Å². The molecule has 1 aliphatic rings. The maximum absolute atomic E-state index is 5.30. The second-order valence-electron chi connectivity index (χ2n) is 5.48. The lowest BCUT2D eigenvalue weighted by atomic mass is 9.96. The SMILES string of the molecule is c1csc(-c2nc(CSc3nnnn3C3CCCCC3)no2)c1. The number of hydrogen-bond acceptors (Lipinski definition) is 8. The average Bonchev–Trinajstić information content (AvgIpc) is 3.33. The van der Waals surface area contributed by atoms with Gasteiger partial charge in [0.15, 0.2) is 5.82 Å². The average molecular weight is 348 g/mol. The highest BCUT2D eigenvalue weighted by Crippen LogP contribution is 2.31. The Kier molecular flexibility index (Phi) is 4.38. The Bertz CT molecular complexity index is 747. The summed E-state index contributed by atoms with van der Waals surface area (Å²) >= 11 is 3.14. The van der Waals surface area contributed by atoms with Crippen LogP contribution >= 0.6 is 23.1 Å². The molecule has 23 heavy (non-hydrogen) atoms. The molecule has 1 saturated carbocycles. The molecule has 4 rings (SSSR count). The first-order valence-corrected chi connectivity index (χ1v) is 9.54. The first-order chi connectivity index (χ1) is 11.4. The smallest absolute Gasteiger partial charge is 0.268 e. The zero-order valence-electron chi connectivity index (χ0n) is 12.5. The third kappa shape index (κ3) is 3.30. The van der Waals surface area contributed by atoms with Crippen molar-refractivity contribution in [1.82, 2.24) is 30.3 Å². The van der Waals surface area contributed by atoms with E-state index in [0.29, 0.717) is 23.5 Å². The topological polar surface area (TPSA) is 82.5 Å². The lowest BCUT2D eigenvalue weighted by Gasteiger charge is -2.21. The van der Waals surface area contributed by atoms with Crippen LogP contribution in [0.4, 0.5) is 0 Å². The minimum atomic E-state index is 0.424. The Labute approximate surface area is 141 Å². The first-order valence-electron chi connectivity index (χ1n) is 7.67. The molecular weight excluding hydrogens is 332 g/mol. The maximum Gasteiger partial charge on any atom is 0.268 e. The summed E-state index contributed by atoms with van der Waals surface area (Å²) in [6.45, 7) is 0. The van der Waals surface area contributed by atoms with Crippen LogP contribution in [0.5, 0.6) is 0 Å². The molecule has 0 aliphatic heterocycles. The Morgan fingerprint density at radius 3 is 3.04 bits per heavy atom. The minimum absolute atomic E-state index is 0.424. The van der Waals surface area contributed by atoms with E-state index in [-0.39, 0.29) is 0 Å². The summed E-state index contributed by atoms with van der Waals surface area (Å²) in [5.41, 5.74) is 0. The molecule has 3 aromatic rings.